The molecule has 0 radical (unpaired) electrons. The van der Waals surface area contributed by atoms with E-state index < -0.39 is 17.2 Å². The van der Waals surface area contributed by atoms with E-state index in [4.69, 9.17) is 0 Å². The van der Waals surface area contributed by atoms with Gasteiger partial charge in [-0.05, 0) is 41.0 Å². The van der Waals surface area contributed by atoms with E-state index in [1.165, 1.54) is 29.2 Å². The summed E-state index contributed by atoms with van der Waals surface area (Å²) in [5.41, 5.74) is 2.76. The Kier molecular flexibility index (Phi) is 4.01. The molecule has 0 amide bonds. The van der Waals surface area contributed by atoms with Crippen molar-refractivity contribution in [1.29, 1.82) is 0 Å². The van der Waals surface area contributed by atoms with Crippen LogP contribution in [0.1, 0.15) is 16.7 Å². The summed E-state index contributed by atoms with van der Waals surface area (Å²) in [5, 5.41) is 0.298. The predicted octanol–water partition coefficient (Wildman–Crippen LogP) is 3.72. The Labute approximate surface area is 164 Å². The summed E-state index contributed by atoms with van der Waals surface area (Å²) < 4.78 is 30.9. The smallest absolute Gasteiger partial charge is 0.263 e. The maximum atomic E-state index is 14.9. The molecule has 0 unspecified atom stereocenters. The van der Waals surface area contributed by atoms with Gasteiger partial charge in [0, 0.05) is 23.5 Å². The minimum atomic E-state index is -0.717. The molecule has 0 fully saturated rings. The lowest BCUT2D eigenvalue weighted by atomic mass is 9.96. The van der Waals surface area contributed by atoms with E-state index in [1.807, 2.05) is 18.2 Å². The maximum Gasteiger partial charge on any atom is 0.263 e. The van der Waals surface area contributed by atoms with Crippen LogP contribution in [0.25, 0.3) is 22.2 Å². The van der Waals surface area contributed by atoms with E-state index in [9.17, 15) is 13.6 Å². The molecule has 0 atom stereocenters. The van der Waals surface area contributed by atoms with Gasteiger partial charge < -0.3 is 0 Å². The largest absolute Gasteiger partial charge is 0.294 e. The summed E-state index contributed by atoms with van der Waals surface area (Å²) in [6.45, 7) is 0.307. The van der Waals surface area contributed by atoms with Gasteiger partial charge in [0.2, 0.25) is 0 Å². The predicted molar refractivity (Wildman–Crippen MR) is 106 cm³/mol. The second-order valence-corrected chi connectivity index (χ2v) is 6.82. The molecule has 0 bridgehead atoms. The Morgan fingerprint density at radius 3 is 2.69 bits per heavy atom. The van der Waals surface area contributed by atoms with Crippen molar-refractivity contribution < 1.29 is 8.78 Å². The van der Waals surface area contributed by atoms with E-state index in [1.54, 1.807) is 18.3 Å². The Morgan fingerprint density at radius 2 is 1.86 bits per heavy atom. The van der Waals surface area contributed by atoms with Crippen molar-refractivity contribution in [3.63, 3.8) is 0 Å². The Morgan fingerprint density at radius 1 is 1.03 bits per heavy atom. The summed E-state index contributed by atoms with van der Waals surface area (Å²) >= 11 is 0. The molecule has 3 heterocycles. The first-order chi connectivity index (χ1) is 14.1. The highest BCUT2D eigenvalue weighted by Crippen LogP contribution is 2.30. The van der Waals surface area contributed by atoms with Crippen LogP contribution in [0.2, 0.25) is 0 Å². The average Bonchev–Trinajstić information content (AvgIpc) is 3.21. The maximum absolute atomic E-state index is 14.9. The molecule has 2 aromatic carbocycles. The second kappa shape index (κ2) is 6.70. The fourth-order valence-corrected chi connectivity index (χ4v) is 3.58. The van der Waals surface area contributed by atoms with Crippen molar-refractivity contribution in [2.24, 2.45) is 4.99 Å². The molecule has 0 spiro atoms. The molecule has 0 saturated carbocycles. The molecule has 1 aliphatic rings. The normalized spacial score (nSPS) is 12.5. The molecule has 0 aliphatic carbocycles. The van der Waals surface area contributed by atoms with Gasteiger partial charge in [-0.1, -0.05) is 18.2 Å². The molecule has 0 saturated heterocycles. The van der Waals surface area contributed by atoms with Crippen LogP contribution in [0.4, 0.5) is 8.78 Å². The summed E-state index contributed by atoms with van der Waals surface area (Å²) in [6, 6.07) is 11.4. The van der Waals surface area contributed by atoms with E-state index >= 15 is 0 Å². The second-order valence-electron chi connectivity index (χ2n) is 6.82. The number of aliphatic imine (C=N–C) groups is 1. The molecule has 0 N–H and O–H groups in total. The van der Waals surface area contributed by atoms with Crippen LogP contribution in [0.3, 0.4) is 0 Å². The number of halogens is 2. The van der Waals surface area contributed by atoms with Crippen LogP contribution in [0.15, 0.2) is 64.8 Å². The average molecular weight is 388 g/mol. The van der Waals surface area contributed by atoms with E-state index in [2.05, 4.69) is 15.0 Å². The molecular weight excluding hydrogens is 374 g/mol. The van der Waals surface area contributed by atoms with Gasteiger partial charge in [-0.2, -0.15) is 0 Å². The Bertz CT molecular complexity index is 1340. The van der Waals surface area contributed by atoms with Crippen LogP contribution in [-0.4, -0.2) is 20.7 Å². The van der Waals surface area contributed by atoms with Gasteiger partial charge >= 0.3 is 0 Å². The first kappa shape index (κ1) is 17.4. The molecule has 29 heavy (non-hydrogen) atoms. The lowest BCUT2D eigenvalue weighted by Crippen LogP contribution is -2.22. The summed E-state index contributed by atoms with van der Waals surface area (Å²) in [4.78, 5) is 24.9. The summed E-state index contributed by atoms with van der Waals surface area (Å²) in [6.07, 6.45) is 4.51. The molecule has 7 heteroatoms. The van der Waals surface area contributed by atoms with Crippen LogP contribution < -0.4 is 5.56 Å². The number of hydrogen-bond donors (Lipinski definition) is 0. The van der Waals surface area contributed by atoms with Crippen molar-refractivity contribution in [2.45, 2.75) is 13.1 Å². The van der Waals surface area contributed by atoms with E-state index in [-0.39, 0.29) is 12.1 Å². The number of fused-ring (bicyclic) bond motifs is 2. The van der Waals surface area contributed by atoms with Crippen molar-refractivity contribution in [3.8, 4) is 11.1 Å². The monoisotopic (exact) mass is 388 g/mol. The quantitative estimate of drug-likeness (QED) is 0.538. The molecule has 1 aliphatic heterocycles. The van der Waals surface area contributed by atoms with Crippen molar-refractivity contribution in [3.05, 3.63) is 93.7 Å². The zero-order chi connectivity index (χ0) is 20.0. The number of pyridine rings is 1. The molecule has 142 valence electrons. The Balaban J connectivity index is 1.57. The minimum absolute atomic E-state index is 0.192. The number of aromatic nitrogens is 3. The molecule has 5 rings (SSSR count). The van der Waals surface area contributed by atoms with Gasteiger partial charge in [0.15, 0.2) is 5.65 Å². The lowest BCUT2D eigenvalue weighted by molar-refractivity contribution is 0.541. The van der Waals surface area contributed by atoms with Gasteiger partial charge in [0.25, 0.3) is 5.56 Å². The third-order valence-corrected chi connectivity index (χ3v) is 5.06. The van der Waals surface area contributed by atoms with E-state index in [0.717, 1.165) is 16.7 Å². The van der Waals surface area contributed by atoms with Crippen LogP contribution in [0.5, 0.6) is 0 Å². The van der Waals surface area contributed by atoms with Crippen molar-refractivity contribution in [2.75, 3.05) is 0 Å². The van der Waals surface area contributed by atoms with Gasteiger partial charge in [-0.3, -0.25) is 14.4 Å². The first-order valence-corrected chi connectivity index (χ1v) is 9.02. The first-order valence-electron chi connectivity index (χ1n) is 9.02. The van der Waals surface area contributed by atoms with Crippen molar-refractivity contribution in [1.82, 2.24) is 14.5 Å². The third-order valence-electron chi connectivity index (χ3n) is 5.06. The molecule has 2 aromatic heterocycles. The number of hydrogen-bond acceptors (Lipinski definition) is 4. The van der Waals surface area contributed by atoms with E-state index in [0.29, 0.717) is 23.1 Å². The molecular formula is C22H14F2N4O. The number of rotatable bonds is 3. The SMILES string of the molecule is O=c1c2cccnc2ncn1Cc1c(F)cc(-c2cccc3c2C=NC3)cc1F. The third kappa shape index (κ3) is 2.91. The lowest BCUT2D eigenvalue weighted by Gasteiger charge is -2.12. The molecule has 5 nitrogen and oxygen atoms in total. The number of benzene rings is 2. The van der Waals surface area contributed by atoms with Crippen LogP contribution in [0, 0.1) is 11.6 Å². The summed E-state index contributed by atoms with van der Waals surface area (Å²) in [5.74, 6) is -1.43. The topological polar surface area (TPSA) is 60.1 Å². The molecule has 4 aromatic rings. The zero-order valence-electron chi connectivity index (χ0n) is 15.1. The minimum Gasteiger partial charge on any atom is -0.294 e. The highest BCUT2D eigenvalue weighted by molar-refractivity contribution is 5.94. The number of nitrogens with zero attached hydrogens (tertiary/aromatic N) is 4. The zero-order valence-corrected chi connectivity index (χ0v) is 15.1. The van der Waals surface area contributed by atoms with Gasteiger partial charge in [0.05, 0.1) is 18.5 Å². The van der Waals surface area contributed by atoms with Crippen LogP contribution in [-0.2, 0) is 13.1 Å². The standard InChI is InChI=1S/C22H14F2N4O/c23-19-7-14(15-4-1-3-13-9-25-10-17(13)15)8-20(24)18(19)11-28-12-27-21-16(22(28)29)5-2-6-26-21/h1-8,10,12H,9,11H2. The summed E-state index contributed by atoms with van der Waals surface area (Å²) in [7, 11) is 0. The van der Waals surface area contributed by atoms with Gasteiger partial charge in [-0.15, -0.1) is 0 Å². The van der Waals surface area contributed by atoms with Crippen LogP contribution >= 0.6 is 0 Å². The fraction of sp³-hybridized carbons (Fsp3) is 0.0909. The highest BCUT2D eigenvalue weighted by Gasteiger charge is 2.17. The fourth-order valence-electron chi connectivity index (χ4n) is 3.58. The Hall–Kier alpha value is -3.74. The van der Waals surface area contributed by atoms with Gasteiger partial charge in [-0.25, -0.2) is 18.7 Å². The highest BCUT2D eigenvalue weighted by atomic mass is 19.1. The van der Waals surface area contributed by atoms with Crippen molar-refractivity contribution >= 4 is 17.2 Å². The van der Waals surface area contributed by atoms with Gasteiger partial charge in [0.1, 0.15) is 18.0 Å².